The number of carboxylic acid groups (broad SMARTS) is 1. The smallest absolute Gasteiger partial charge is 0.337 e. The summed E-state index contributed by atoms with van der Waals surface area (Å²) >= 11 is 0. The number of hydrogen-bond acceptors (Lipinski definition) is 1. The maximum absolute atomic E-state index is 11.2. The van der Waals surface area contributed by atoms with Crippen LogP contribution in [0.15, 0.2) is 54.6 Å². The van der Waals surface area contributed by atoms with E-state index in [4.69, 9.17) is 5.11 Å². The van der Waals surface area contributed by atoms with Gasteiger partial charge >= 0.3 is 5.97 Å². The van der Waals surface area contributed by atoms with Gasteiger partial charge in [-0.05, 0) is 17.7 Å². The Morgan fingerprint density at radius 3 is 2.58 bits per heavy atom. The van der Waals surface area contributed by atoms with Crippen LogP contribution in [0.3, 0.4) is 0 Å². The molecule has 0 radical (unpaired) electrons. The second kappa shape index (κ2) is 4.61. The Bertz CT molecular complexity index is 729. The number of aromatic amines is 1. The van der Waals surface area contributed by atoms with Crippen LogP contribution >= 0.6 is 0 Å². The number of hydrogen-bond donors (Lipinski definition) is 2. The molecule has 0 saturated heterocycles. The number of carbonyl (C=O) groups is 1. The average molecular weight is 251 g/mol. The minimum atomic E-state index is -0.904. The zero-order valence-corrected chi connectivity index (χ0v) is 10.3. The van der Waals surface area contributed by atoms with Gasteiger partial charge in [-0.15, -0.1) is 0 Å². The molecule has 0 aliphatic heterocycles. The molecule has 0 bridgehead atoms. The second-order valence-corrected chi connectivity index (χ2v) is 4.53. The SMILES string of the molecule is O=C(O)c1cccc2cc(Cc3ccccc3)[nH]c12. The lowest BCUT2D eigenvalue weighted by Crippen LogP contribution is -1.97. The van der Waals surface area contributed by atoms with Gasteiger partial charge in [-0.2, -0.15) is 0 Å². The third kappa shape index (κ3) is 2.22. The van der Waals surface area contributed by atoms with Gasteiger partial charge in [0.05, 0.1) is 11.1 Å². The van der Waals surface area contributed by atoms with Crippen LogP contribution in [0.1, 0.15) is 21.6 Å². The number of benzene rings is 2. The van der Waals surface area contributed by atoms with E-state index in [2.05, 4.69) is 17.1 Å². The summed E-state index contributed by atoms with van der Waals surface area (Å²) in [7, 11) is 0. The summed E-state index contributed by atoms with van der Waals surface area (Å²) in [5, 5.41) is 10.1. The Labute approximate surface area is 110 Å². The third-order valence-electron chi connectivity index (χ3n) is 3.18. The van der Waals surface area contributed by atoms with Crippen molar-refractivity contribution >= 4 is 16.9 Å². The van der Waals surface area contributed by atoms with E-state index in [-0.39, 0.29) is 0 Å². The van der Waals surface area contributed by atoms with Crippen molar-refractivity contribution < 1.29 is 9.90 Å². The maximum Gasteiger partial charge on any atom is 0.337 e. The molecule has 3 rings (SSSR count). The second-order valence-electron chi connectivity index (χ2n) is 4.53. The van der Waals surface area contributed by atoms with E-state index >= 15 is 0 Å². The topological polar surface area (TPSA) is 53.1 Å². The van der Waals surface area contributed by atoms with Crippen molar-refractivity contribution in [2.45, 2.75) is 6.42 Å². The van der Waals surface area contributed by atoms with E-state index in [1.807, 2.05) is 30.3 Å². The molecule has 94 valence electrons. The van der Waals surface area contributed by atoms with E-state index in [9.17, 15) is 4.79 Å². The molecule has 0 atom stereocenters. The van der Waals surface area contributed by atoms with Gasteiger partial charge in [0.15, 0.2) is 0 Å². The number of nitrogens with one attached hydrogen (secondary N) is 1. The first-order valence-corrected chi connectivity index (χ1v) is 6.12. The Balaban J connectivity index is 2.03. The van der Waals surface area contributed by atoms with E-state index in [0.29, 0.717) is 11.1 Å². The molecule has 2 N–H and O–H groups in total. The van der Waals surface area contributed by atoms with E-state index in [1.54, 1.807) is 12.1 Å². The van der Waals surface area contributed by atoms with Crippen molar-refractivity contribution in [2.24, 2.45) is 0 Å². The van der Waals surface area contributed by atoms with E-state index in [1.165, 1.54) is 5.56 Å². The molecular formula is C16H13NO2. The van der Waals surface area contributed by atoms with Crippen molar-refractivity contribution in [1.82, 2.24) is 4.98 Å². The number of aromatic nitrogens is 1. The zero-order valence-electron chi connectivity index (χ0n) is 10.3. The summed E-state index contributed by atoms with van der Waals surface area (Å²) in [5.74, 6) is -0.904. The minimum Gasteiger partial charge on any atom is -0.478 e. The Kier molecular flexibility index (Phi) is 2.80. The number of carboxylic acids is 1. The van der Waals surface area contributed by atoms with Crippen LogP contribution in [0.25, 0.3) is 10.9 Å². The van der Waals surface area contributed by atoms with Gasteiger partial charge in [-0.1, -0.05) is 42.5 Å². The Morgan fingerprint density at radius 1 is 1.05 bits per heavy atom. The fourth-order valence-corrected chi connectivity index (χ4v) is 2.30. The predicted octanol–water partition coefficient (Wildman–Crippen LogP) is 3.46. The molecule has 3 aromatic rings. The van der Waals surface area contributed by atoms with Crippen LogP contribution < -0.4 is 0 Å². The number of rotatable bonds is 3. The Morgan fingerprint density at radius 2 is 1.84 bits per heavy atom. The van der Waals surface area contributed by atoms with Crippen molar-refractivity contribution in [3.05, 3.63) is 71.4 Å². The van der Waals surface area contributed by atoms with Crippen LogP contribution in [0, 0.1) is 0 Å². The van der Waals surface area contributed by atoms with Crippen LogP contribution in [-0.4, -0.2) is 16.1 Å². The molecule has 1 heterocycles. The standard InChI is InChI=1S/C16H13NO2/c18-16(19)14-8-4-7-12-10-13(17-15(12)14)9-11-5-2-1-3-6-11/h1-8,10,17H,9H2,(H,18,19). The zero-order chi connectivity index (χ0) is 13.2. The fraction of sp³-hybridized carbons (Fsp3) is 0.0625. The molecule has 0 unspecified atom stereocenters. The summed E-state index contributed by atoms with van der Waals surface area (Å²) in [6.07, 6.45) is 0.772. The monoisotopic (exact) mass is 251 g/mol. The molecule has 0 amide bonds. The van der Waals surface area contributed by atoms with Gasteiger partial charge in [0.1, 0.15) is 0 Å². The number of fused-ring (bicyclic) bond motifs is 1. The molecule has 2 aromatic carbocycles. The van der Waals surface area contributed by atoms with Gasteiger partial charge in [-0.25, -0.2) is 4.79 Å². The van der Waals surface area contributed by atoms with Crippen LogP contribution in [0.4, 0.5) is 0 Å². The highest BCUT2D eigenvalue weighted by Gasteiger charge is 2.10. The largest absolute Gasteiger partial charge is 0.478 e. The normalized spacial score (nSPS) is 10.7. The summed E-state index contributed by atoms with van der Waals surface area (Å²) in [5.41, 5.74) is 3.23. The number of para-hydroxylation sites is 1. The summed E-state index contributed by atoms with van der Waals surface area (Å²) in [4.78, 5) is 14.4. The molecule has 0 aliphatic carbocycles. The van der Waals surface area contributed by atoms with E-state index in [0.717, 1.165) is 17.5 Å². The third-order valence-corrected chi connectivity index (χ3v) is 3.18. The van der Waals surface area contributed by atoms with Crippen LogP contribution in [0.2, 0.25) is 0 Å². The highest BCUT2D eigenvalue weighted by Crippen LogP contribution is 2.21. The predicted molar refractivity (Wildman–Crippen MR) is 74.5 cm³/mol. The molecular weight excluding hydrogens is 238 g/mol. The van der Waals surface area contributed by atoms with Crippen LogP contribution in [0.5, 0.6) is 0 Å². The summed E-state index contributed by atoms with van der Waals surface area (Å²) < 4.78 is 0. The molecule has 0 aliphatic rings. The van der Waals surface area contributed by atoms with Gasteiger partial charge < -0.3 is 10.1 Å². The van der Waals surface area contributed by atoms with Gasteiger partial charge in [-0.3, -0.25) is 0 Å². The number of aromatic carboxylic acids is 1. The van der Waals surface area contributed by atoms with Crippen molar-refractivity contribution in [3.63, 3.8) is 0 Å². The lowest BCUT2D eigenvalue weighted by molar-refractivity contribution is 0.0699. The molecule has 0 spiro atoms. The lowest BCUT2D eigenvalue weighted by Gasteiger charge is -1.98. The summed E-state index contributed by atoms with van der Waals surface area (Å²) in [6, 6.07) is 17.4. The van der Waals surface area contributed by atoms with Crippen molar-refractivity contribution in [3.8, 4) is 0 Å². The highest BCUT2D eigenvalue weighted by atomic mass is 16.4. The first kappa shape index (κ1) is 11.5. The fourth-order valence-electron chi connectivity index (χ4n) is 2.30. The summed E-state index contributed by atoms with van der Waals surface area (Å²) in [6.45, 7) is 0. The quantitative estimate of drug-likeness (QED) is 0.749. The molecule has 0 fully saturated rings. The lowest BCUT2D eigenvalue weighted by atomic mass is 10.1. The molecule has 19 heavy (non-hydrogen) atoms. The molecule has 1 aromatic heterocycles. The number of H-pyrrole nitrogens is 1. The first-order chi connectivity index (χ1) is 9.24. The molecule has 3 nitrogen and oxygen atoms in total. The molecule has 3 heteroatoms. The van der Waals surface area contributed by atoms with E-state index < -0.39 is 5.97 Å². The van der Waals surface area contributed by atoms with Crippen molar-refractivity contribution in [1.29, 1.82) is 0 Å². The first-order valence-electron chi connectivity index (χ1n) is 6.12. The minimum absolute atomic E-state index is 0.316. The Hall–Kier alpha value is -2.55. The van der Waals surface area contributed by atoms with Gasteiger partial charge in [0, 0.05) is 17.5 Å². The molecule has 0 saturated carbocycles. The maximum atomic E-state index is 11.2. The highest BCUT2D eigenvalue weighted by molar-refractivity contribution is 6.02. The van der Waals surface area contributed by atoms with Crippen molar-refractivity contribution in [2.75, 3.05) is 0 Å². The van der Waals surface area contributed by atoms with Gasteiger partial charge in [0.2, 0.25) is 0 Å². The van der Waals surface area contributed by atoms with Gasteiger partial charge in [0.25, 0.3) is 0 Å². The average Bonchev–Trinajstić information content (AvgIpc) is 2.81. The van der Waals surface area contributed by atoms with Crippen LogP contribution in [-0.2, 0) is 6.42 Å².